The normalized spacial score (nSPS) is 11.6. The third-order valence-electron chi connectivity index (χ3n) is 2.94. The van der Waals surface area contributed by atoms with E-state index in [1.54, 1.807) is 9.78 Å². The van der Waals surface area contributed by atoms with E-state index in [0.29, 0.717) is 16.3 Å². The second-order valence-corrected chi connectivity index (χ2v) is 4.90. The van der Waals surface area contributed by atoms with Crippen molar-refractivity contribution in [1.29, 1.82) is 0 Å². The highest BCUT2D eigenvalue weighted by atomic mass is 32.1. The molecule has 2 aromatic rings. The first kappa shape index (κ1) is 10.4. The van der Waals surface area contributed by atoms with Gasteiger partial charge in [-0.2, -0.15) is 4.98 Å². The van der Waals surface area contributed by atoms with E-state index in [1.165, 1.54) is 11.3 Å². The number of fused-ring (bicyclic) bond motifs is 5. The predicted octanol–water partition coefficient (Wildman–Crippen LogP) is 1.10. The molecule has 0 saturated carbocycles. The summed E-state index contributed by atoms with van der Waals surface area (Å²) in [4.78, 5) is 34.4. The molecule has 0 spiro atoms. The highest BCUT2D eigenvalue weighted by molar-refractivity contribution is 7.15. The molecule has 0 fully saturated rings. The van der Waals surface area contributed by atoms with Crippen molar-refractivity contribution >= 4 is 27.3 Å². The Labute approximate surface area is 109 Å². The molecule has 2 aliphatic heterocycles. The summed E-state index contributed by atoms with van der Waals surface area (Å²) in [6.45, 7) is 0. The first-order chi connectivity index (χ1) is 9.24. The average Bonchev–Trinajstić information content (AvgIpc) is 2.77. The van der Waals surface area contributed by atoms with Crippen LogP contribution in [0.3, 0.4) is 0 Å². The number of para-hydroxylation sites is 2. The van der Waals surface area contributed by atoms with Gasteiger partial charge in [-0.3, -0.25) is 14.2 Å². The summed E-state index contributed by atoms with van der Waals surface area (Å²) in [5.74, 6) is 0.344. The molecule has 2 aliphatic rings. The van der Waals surface area contributed by atoms with E-state index < -0.39 is 11.2 Å². The molecule has 6 nitrogen and oxygen atoms in total. The Bertz CT molecular complexity index is 1010. The van der Waals surface area contributed by atoms with E-state index in [-0.39, 0.29) is 0 Å². The van der Waals surface area contributed by atoms with Crippen molar-refractivity contribution in [2.75, 3.05) is 0 Å². The smallest absolute Gasteiger partial charge is 0.272 e. The van der Waals surface area contributed by atoms with Crippen molar-refractivity contribution in [3.63, 3.8) is 0 Å². The van der Waals surface area contributed by atoms with Gasteiger partial charge in [0.25, 0.3) is 5.56 Å². The molecule has 0 bridgehead atoms. The van der Waals surface area contributed by atoms with E-state index in [0.717, 1.165) is 11.0 Å². The van der Waals surface area contributed by atoms with Crippen LogP contribution in [-0.2, 0) is 0 Å². The highest BCUT2D eigenvalue weighted by Gasteiger charge is 2.16. The predicted molar refractivity (Wildman–Crippen MR) is 71.9 cm³/mol. The summed E-state index contributed by atoms with van der Waals surface area (Å²) in [6, 6.07) is 7.53. The van der Waals surface area contributed by atoms with Crippen LogP contribution in [0.4, 0.5) is 0 Å². The topological polar surface area (TPSA) is 80.1 Å². The summed E-state index contributed by atoms with van der Waals surface area (Å²) in [6.07, 6.45) is 0. The molecule has 0 amide bonds. The molecule has 0 radical (unpaired) electrons. The molecule has 0 atom stereocenters. The molecular weight excluding hydrogens is 264 g/mol. The first-order valence-electron chi connectivity index (χ1n) is 5.53. The number of nitrogens with zero attached hydrogens (tertiary/aromatic N) is 3. The van der Waals surface area contributed by atoms with Crippen molar-refractivity contribution in [2.45, 2.75) is 0 Å². The van der Waals surface area contributed by atoms with Gasteiger partial charge in [0.1, 0.15) is 0 Å². The van der Waals surface area contributed by atoms with Crippen LogP contribution < -0.4 is 11.2 Å². The molecule has 0 unspecified atom stereocenters. The van der Waals surface area contributed by atoms with Crippen molar-refractivity contribution in [2.24, 2.45) is 0 Å². The van der Waals surface area contributed by atoms with Gasteiger partial charge in [0.2, 0.25) is 0 Å². The zero-order chi connectivity index (χ0) is 13.0. The number of benzene rings is 1. The van der Waals surface area contributed by atoms with Crippen LogP contribution in [0.15, 0.2) is 39.2 Å². The maximum Gasteiger partial charge on any atom is 0.349 e. The summed E-state index contributed by atoms with van der Waals surface area (Å²) < 4.78 is 1.74. The van der Waals surface area contributed by atoms with E-state index in [9.17, 15) is 9.59 Å². The lowest BCUT2D eigenvalue weighted by Crippen LogP contribution is -2.25. The zero-order valence-electron chi connectivity index (χ0n) is 9.45. The van der Waals surface area contributed by atoms with Gasteiger partial charge in [-0.05, 0) is 12.1 Å². The second-order valence-electron chi connectivity index (χ2n) is 4.06. The Morgan fingerprint density at radius 3 is 2.89 bits per heavy atom. The maximum absolute atomic E-state index is 11.8. The van der Waals surface area contributed by atoms with E-state index in [1.807, 2.05) is 24.3 Å². The molecule has 19 heavy (non-hydrogen) atoms. The molecule has 0 aliphatic carbocycles. The summed E-state index contributed by atoms with van der Waals surface area (Å²) in [5, 5.41) is 1.67. The van der Waals surface area contributed by atoms with Crippen molar-refractivity contribution in [1.82, 2.24) is 19.4 Å². The minimum atomic E-state index is -0.646. The number of aromatic nitrogens is 4. The van der Waals surface area contributed by atoms with Crippen LogP contribution in [0.1, 0.15) is 0 Å². The number of hydrogen-bond donors (Lipinski definition) is 1. The van der Waals surface area contributed by atoms with Crippen LogP contribution in [0.25, 0.3) is 27.4 Å². The SMILES string of the molecule is O=c1nc2n3c(nc4ccccc43)scc-2c(=O)[nH]1. The molecule has 3 heterocycles. The number of nitrogens with one attached hydrogen (secondary N) is 1. The Morgan fingerprint density at radius 1 is 1.16 bits per heavy atom. The van der Waals surface area contributed by atoms with Crippen LogP contribution >= 0.6 is 11.3 Å². The first-order valence-corrected chi connectivity index (χ1v) is 6.41. The van der Waals surface area contributed by atoms with Crippen molar-refractivity contribution in [3.05, 3.63) is 50.5 Å². The van der Waals surface area contributed by atoms with E-state index >= 15 is 0 Å². The Kier molecular flexibility index (Phi) is 1.91. The number of H-pyrrole nitrogens is 1. The van der Waals surface area contributed by atoms with Gasteiger partial charge in [-0.1, -0.05) is 12.1 Å². The van der Waals surface area contributed by atoms with Gasteiger partial charge in [0, 0.05) is 5.38 Å². The molecule has 1 N–H and O–H groups in total. The van der Waals surface area contributed by atoms with E-state index in [4.69, 9.17) is 0 Å². The minimum absolute atomic E-state index is 0.344. The van der Waals surface area contributed by atoms with Crippen LogP contribution in [0.2, 0.25) is 0 Å². The van der Waals surface area contributed by atoms with Gasteiger partial charge in [0.05, 0.1) is 16.6 Å². The van der Waals surface area contributed by atoms with Crippen LogP contribution in [-0.4, -0.2) is 19.4 Å². The molecule has 7 heteroatoms. The van der Waals surface area contributed by atoms with Gasteiger partial charge >= 0.3 is 5.69 Å². The average molecular weight is 270 g/mol. The maximum atomic E-state index is 11.8. The molecule has 1 aromatic carbocycles. The summed E-state index contributed by atoms with van der Waals surface area (Å²) in [5.41, 5.74) is 0.955. The monoisotopic (exact) mass is 270 g/mol. The number of aromatic amines is 1. The fraction of sp³-hybridized carbons (Fsp3) is 0. The Balaban J connectivity index is 2.37. The molecule has 1 aromatic heterocycles. The third-order valence-corrected chi connectivity index (χ3v) is 3.78. The van der Waals surface area contributed by atoms with E-state index in [2.05, 4.69) is 15.0 Å². The lowest BCUT2D eigenvalue weighted by molar-refractivity contribution is 0.996. The Hall–Kier alpha value is -2.54. The van der Waals surface area contributed by atoms with Gasteiger partial charge in [-0.15, -0.1) is 11.3 Å². The van der Waals surface area contributed by atoms with Gasteiger partial charge in [-0.25, -0.2) is 9.78 Å². The third kappa shape index (κ3) is 1.36. The second kappa shape index (κ2) is 3.48. The standard InChI is InChI=1S/C12H6N4O2S/c17-10-6-5-19-12-13-7-3-1-2-4-8(7)16(12)9(6)14-11(18)15-10/h1-5H,(H,15,17,18). The van der Waals surface area contributed by atoms with Gasteiger partial charge in [0.15, 0.2) is 10.8 Å². The minimum Gasteiger partial charge on any atom is -0.272 e. The lowest BCUT2D eigenvalue weighted by Gasteiger charge is -2.04. The number of hydrogen-bond acceptors (Lipinski definition) is 5. The molecule has 0 saturated heterocycles. The lowest BCUT2D eigenvalue weighted by atomic mass is 10.3. The van der Waals surface area contributed by atoms with Crippen LogP contribution in [0.5, 0.6) is 0 Å². The molecular formula is C12H6N4O2S. The number of rotatable bonds is 0. The molecule has 4 rings (SSSR count). The van der Waals surface area contributed by atoms with Crippen LogP contribution in [0, 0.1) is 0 Å². The van der Waals surface area contributed by atoms with Crippen molar-refractivity contribution in [3.8, 4) is 11.4 Å². The number of imidazole rings is 1. The largest absolute Gasteiger partial charge is 0.349 e. The summed E-state index contributed by atoms with van der Waals surface area (Å²) >= 11 is 1.34. The van der Waals surface area contributed by atoms with Crippen molar-refractivity contribution < 1.29 is 0 Å². The fourth-order valence-corrected chi connectivity index (χ4v) is 3.00. The summed E-state index contributed by atoms with van der Waals surface area (Å²) in [7, 11) is 0. The zero-order valence-corrected chi connectivity index (χ0v) is 10.3. The molecule has 92 valence electrons. The fourth-order valence-electron chi connectivity index (χ4n) is 2.13. The quantitative estimate of drug-likeness (QED) is 0.519. The highest BCUT2D eigenvalue weighted by Crippen LogP contribution is 2.25. The Morgan fingerprint density at radius 2 is 2.00 bits per heavy atom. The van der Waals surface area contributed by atoms with Gasteiger partial charge < -0.3 is 0 Å².